The van der Waals surface area contributed by atoms with E-state index in [4.69, 9.17) is 4.74 Å². The quantitative estimate of drug-likeness (QED) is 0.600. The van der Waals surface area contributed by atoms with E-state index in [1.807, 2.05) is 25.7 Å². The Morgan fingerprint density at radius 3 is 2.29 bits per heavy atom. The molecule has 3 nitrogen and oxygen atoms in total. The molecule has 0 aromatic rings. The van der Waals surface area contributed by atoms with Crippen LogP contribution in [-0.2, 0) is 4.74 Å². The molecule has 1 rings (SSSR count). The van der Waals surface area contributed by atoms with Crippen molar-refractivity contribution in [3.63, 3.8) is 0 Å². The Morgan fingerprint density at radius 2 is 1.93 bits per heavy atom. The minimum absolute atomic E-state index is 0.172. The summed E-state index contributed by atoms with van der Waals surface area (Å²) in [7, 11) is 0. The smallest absolute Gasteiger partial charge is 0.410 e. The van der Waals surface area contributed by atoms with Crippen molar-refractivity contribution in [1.29, 1.82) is 0 Å². The third-order valence-electron chi connectivity index (χ3n) is 2.41. The molecule has 14 heavy (non-hydrogen) atoms. The molecule has 0 aromatic carbocycles. The summed E-state index contributed by atoms with van der Waals surface area (Å²) in [5.74, 6) is 0.595. The number of carbonyl (C=O) groups excluding carboxylic acids is 1. The van der Waals surface area contributed by atoms with Gasteiger partial charge in [0.1, 0.15) is 5.60 Å². The van der Waals surface area contributed by atoms with Gasteiger partial charge in [-0.05, 0) is 40.0 Å². The summed E-state index contributed by atoms with van der Waals surface area (Å²) in [5, 5.41) is 0. The van der Waals surface area contributed by atoms with Gasteiger partial charge in [-0.1, -0.05) is 6.92 Å². The number of rotatable bonds is 0. The van der Waals surface area contributed by atoms with Crippen LogP contribution in [0, 0.1) is 5.92 Å². The second-order valence-corrected chi connectivity index (χ2v) is 5.32. The Kier molecular flexibility index (Phi) is 3.07. The average molecular weight is 199 g/mol. The van der Waals surface area contributed by atoms with Crippen LogP contribution in [0.4, 0.5) is 4.79 Å². The molecule has 1 saturated heterocycles. The SMILES string of the molecule is CC1CC(C)N(C(=O)OC(C)(C)C)C1. The van der Waals surface area contributed by atoms with E-state index in [0.717, 1.165) is 13.0 Å². The first kappa shape index (κ1) is 11.3. The summed E-state index contributed by atoms with van der Waals surface area (Å²) in [4.78, 5) is 13.5. The van der Waals surface area contributed by atoms with Crippen molar-refractivity contribution in [2.75, 3.05) is 6.54 Å². The van der Waals surface area contributed by atoms with E-state index >= 15 is 0 Å². The molecular weight excluding hydrogens is 178 g/mol. The molecule has 2 unspecified atom stereocenters. The molecule has 0 bridgehead atoms. The molecule has 0 radical (unpaired) electrons. The zero-order valence-electron chi connectivity index (χ0n) is 9.83. The molecular formula is C11H21NO2. The van der Waals surface area contributed by atoms with Gasteiger partial charge in [-0.15, -0.1) is 0 Å². The van der Waals surface area contributed by atoms with E-state index in [-0.39, 0.29) is 11.7 Å². The van der Waals surface area contributed by atoms with Gasteiger partial charge in [0.05, 0.1) is 0 Å². The van der Waals surface area contributed by atoms with Crippen LogP contribution in [0.25, 0.3) is 0 Å². The molecule has 1 amide bonds. The van der Waals surface area contributed by atoms with Gasteiger partial charge in [-0.2, -0.15) is 0 Å². The Labute approximate surface area is 86.4 Å². The number of hydrogen-bond acceptors (Lipinski definition) is 2. The van der Waals surface area contributed by atoms with Crippen LogP contribution in [0.5, 0.6) is 0 Å². The molecule has 1 heterocycles. The van der Waals surface area contributed by atoms with Gasteiger partial charge < -0.3 is 9.64 Å². The van der Waals surface area contributed by atoms with E-state index in [2.05, 4.69) is 13.8 Å². The van der Waals surface area contributed by atoms with E-state index in [9.17, 15) is 4.79 Å². The van der Waals surface area contributed by atoms with Gasteiger partial charge in [0, 0.05) is 12.6 Å². The summed E-state index contributed by atoms with van der Waals surface area (Å²) < 4.78 is 5.33. The highest BCUT2D eigenvalue weighted by molar-refractivity contribution is 5.68. The number of amides is 1. The van der Waals surface area contributed by atoms with Crippen LogP contribution >= 0.6 is 0 Å². The fourth-order valence-electron chi connectivity index (χ4n) is 1.87. The lowest BCUT2D eigenvalue weighted by Crippen LogP contribution is -2.38. The normalized spacial score (nSPS) is 27.9. The molecule has 1 aliphatic rings. The van der Waals surface area contributed by atoms with Crippen molar-refractivity contribution in [3.8, 4) is 0 Å². The number of nitrogens with zero attached hydrogens (tertiary/aromatic N) is 1. The maximum absolute atomic E-state index is 11.7. The topological polar surface area (TPSA) is 29.5 Å². The summed E-state index contributed by atoms with van der Waals surface area (Å²) in [6.07, 6.45) is 0.911. The lowest BCUT2D eigenvalue weighted by molar-refractivity contribution is 0.0234. The Bertz CT molecular complexity index is 220. The van der Waals surface area contributed by atoms with Gasteiger partial charge in [-0.3, -0.25) is 0 Å². The number of ether oxygens (including phenoxy) is 1. The van der Waals surface area contributed by atoms with Crippen molar-refractivity contribution in [2.45, 2.75) is 52.7 Å². The minimum atomic E-state index is -0.386. The summed E-state index contributed by atoms with van der Waals surface area (Å²) in [6, 6.07) is 0.319. The first-order valence-corrected chi connectivity index (χ1v) is 5.29. The molecule has 1 aliphatic heterocycles. The summed E-state index contributed by atoms with van der Waals surface area (Å²) >= 11 is 0. The monoisotopic (exact) mass is 199 g/mol. The Hall–Kier alpha value is -0.730. The maximum atomic E-state index is 11.7. The van der Waals surface area contributed by atoms with Crippen molar-refractivity contribution >= 4 is 6.09 Å². The van der Waals surface area contributed by atoms with Gasteiger partial charge in [0.25, 0.3) is 0 Å². The third-order valence-corrected chi connectivity index (χ3v) is 2.41. The Morgan fingerprint density at radius 1 is 1.36 bits per heavy atom. The van der Waals surface area contributed by atoms with Crippen LogP contribution in [0.2, 0.25) is 0 Å². The van der Waals surface area contributed by atoms with Crippen LogP contribution in [0.3, 0.4) is 0 Å². The molecule has 82 valence electrons. The summed E-state index contributed by atoms with van der Waals surface area (Å²) in [5.41, 5.74) is -0.386. The van der Waals surface area contributed by atoms with Crippen LogP contribution in [0.15, 0.2) is 0 Å². The van der Waals surface area contributed by atoms with E-state index in [0.29, 0.717) is 12.0 Å². The third kappa shape index (κ3) is 2.89. The predicted octanol–water partition coefficient (Wildman–Crippen LogP) is 2.65. The van der Waals surface area contributed by atoms with E-state index in [1.54, 1.807) is 0 Å². The first-order valence-electron chi connectivity index (χ1n) is 5.29. The minimum Gasteiger partial charge on any atom is -0.444 e. The zero-order chi connectivity index (χ0) is 10.9. The largest absolute Gasteiger partial charge is 0.444 e. The Balaban J connectivity index is 2.53. The maximum Gasteiger partial charge on any atom is 0.410 e. The van der Waals surface area contributed by atoms with E-state index < -0.39 is 0 Å². The fraction of sp³-hybridized carbons (Fsp3) is 0.909. The summed E-state index contributed by atoms with van der Waals surface area (Å²) in [6.45, 7) is 10.8. The highest BCUT2D eigenvalue weighted by atomic mass is 16.6. The molecule has 0 N–H and O–H groups in total. The second kappa shape index (κ2) is 3.79. The molecule has 3 heteroatoms. The molecule has 0 aliphatic carbocycles. The molecule has 1 fully saturated rings. The zero-order valence-corrected chi connectivity index (χ0v) is 9.83. The highest BCUT2D eigenvalue weighted by Crippen LogP contribution is 2.24. The van der Waals surface area contributed by atoms with Crippen molar-refractivity contribution in [3.05, 3.63) is 0 Å². The van der Waals surface area contributed by atoms with E-state index in [1.165, 1.54) is 0 Å². The average Bonchev–Trinajstić information content (AvgIpc) is 2.26. The number of likely N-dealkylation sites (tertiary alicyclic amines) is 1. The van der Waals surface area contributed by atoms with Crippen molar-refractivity contribution < 1.29 is 9.53 Å². The molecule has 0 spiro atoms. The first-order chi connectivity index (χ1) is 6.29. The highest BCUT2D eigenvalue weighted by Gasteiger charge is 2.32. The number of carbonyl (C=O) groups is 1. The molecule has 0 aromatic heterocycles. The number of hydrogen-bond donors (Lipinski definition) is 0. The lowest BCUT2D eigenvalue weighted by atomic mass is 10.1. The van der Waals surface area contributed by atoms with Gasteiger partial charge in [0.2, 0.25) is 0 Å². The van der Waals surface area contributed by atoms with Gasteiger partial charge in [-0.25, -0.2) is 4.79 Å². The lowest BCUT2D eigenvalue weighted by Gasteiger charge is -2.26. The molecule has 0 saturated carbocycles. The van der Waals surface area contributed by atoms with Crippen LogP contribution in [0.1, 0.15) is 41.0 Å². The molecule has 2 atom stereocenters. The van der Waals surface area contributed by atoms with Crippen molar-refractivity contribution in [1.82, 2.24) is 4.90 Å². The van der Waals surface area contributed by atoms with Crippen molar-refractivity contribution in [2.24, 2.45) is 5.92 Å². The predicted molar refractivity (Wildman–Crippen MR) is 56.2 cm³/mol. The van der Waals surface area contributed by atoms with Crippen LogP contribution < -0.4 is 0 Å². The fourth-order valence-corrected chi connectivity index (χ4v) is 1.87. The van der Waals surface area contributed by atoms with Crippen LogP contribution in [-0.4, -0.2) is 29.2 Å². The van der Waals surface area contributed by atoms with Gasteiger partial charge in [0.15, 0.2) is 0 Å². The van der Waals surface area contributed by atoms with Gasteiger partial charge >= 0.3 is 6.09 Å². The second-order valence-electron chi connectivity index (χ2n) is 5.32. The standard InChI is InChI=1S/C11H21NO2/c1-8-6-9(2)12(7-8)10(13)14-11(3,4)5/h8-9H,6-7H2,1-5H3.